The zero-order valence-electron chi connectivity index (χ0n) is 9.71. The number of carbonyl (C=O) groups excluding carboxylic acids is 1. The summed E-state index contributed by atoms with van der Waals surface area (Å²) >= 11 is 1.97. The third kappa shape index (κ3) is 4.07. The SMILES string of the molecule is Cl.O=C(NCC1CCCN1)c1ccc(F)cc1I. The Balaban J connectivity index is 0.00000162. The van der Waals surface area contributed by atoms with Crippen molar-refractivity contribution in [3.63, 3.8) is 0 Å². The maximum Gasteiger partial charge on any atom is 0.252 e. The zero-order chi connectivity index (χ0) is 12.3. The highest BCUT2D eigenvalue weighted by atomic mass is 127. The van der Waals surface area contributed by atoms with Crippen molar-refractivity contribution >= 4 is 40.9 Å². The lowest BCUT2D eigenvalue weighted by molar-refractivity contribution is 0.0949. The van der Waals surface area contributed by atoms with Crippen molar-refractivity contribution in [1.82, 2.24) is 10.6 Å². The lowest BCUT2D eigenvalue weighted by atomic mass is 10.2. The molecule has 0 bridgehead atoms. The van der Waals surface area contributed by atoms with E-state index < -0.39 is 0 Å². The van der Waals surface area contributed by atoms with Gasteiger partial charge in [0.2, 0.25) is 0 Å². The van der Waals surface area contributed by atoms with E-state index in [1.165, 1.54) is 18.2 Å². The van der Waals surface area contributed by atoms with Crippen molar-refractivity contribution in [3.05, 3.63) is 33.1 Å². The number of benzene rings is 1. The van der Waals surface area contributed by atoms with Crippen LogP contribution in [-0.2, 0) is 0 Å². The monoisotopic (exact) mass is 384 g/mol. The van der Waals surface area contributed by atoms with E-state index in [4.69, 9.17) is 0 Å². The number of halogens is 3. The molecule has 1 saturated heterocycles. The molecule has 1 atom stereocenters. The molecule has 1 fully saturated rings. The number of hydrogen-bond donors (Lipinski definition) is 2. The lowest BCUT2D eigenvalue weighted by Gasteiger charge is -2.12. The van der Waals surface area contributed by atoms with Gasteiger partial charge in [-0.05, 0) is 60.2 Å². The van der Waals surface area contributed by atoms with Gasteiger partial charge in [0.05, 0.1) is 5.56 Å². The van der Waals surface area contributed by atoms with Crippen LogP contribution in [0.25, 0.3) is 0 Å². The summed E-state index contributed by atoms with van der Waals surface area (Å²) in [5.74, 6) is -0.452. The predicted octanol–water partition coefficient (Wildman–Crippen LogP) is 2.33. The fourth-order valence-electron chi connectivity index (χ4n) is 1.92. The lowest BCUT2D eigenvalue weighted by Crippen LogP contribution is -2.37. The average Bonchev–Trinajstić information content (AvgIpc) is 2.78. The molecule has 0 spiro atoms. The van der Waals surface area contributed by atoms with E-state index in [0.717, 1.165) is 19.4 Å². The van der Waals surface area contributed by atoms with Gasteiger partial charge >= 0.3 is 0 Å². The Kier molecular flexibility index (Phi) is 6.31. The van der Waals surface area contributed by atoms with Crippen molar-refractivity contribution in [2.45, 2.75) is 18.9 Å². The standard InChI is InChI=1S/C12H14FIN2O.ClH/c13-8-3-4-10(11(14)6-8)12(17)16-7-9-2-1-5-15-9;/h3-4,6,9,15H,1-2,5,7H2,(H,16,17);1H. The molecule has 1 heterocycles. The second-order valence-electron chi connectivity index (χ2n) is 4.13. The molecule has 1 aliphatic heterocycles. The quantitative estimate of drug-likeness (QED) is 0.786. The Bertz CT molecular complexity index is 425. The molecular weight excluding hydrogens is 370 g/mol. The van der Waals surface area contributed by atoms with Crippen molar-refractivity contribution < 1.29 is 9.18 Å². The Labute approximate surface area is 125 Å². The minimum Gasteiger partial charge on any atom is -0.350 e. The summed E-state index contributed by atoms with van der Waals surface area (Å²) in [7, 11) is 0. The number of amides is 1. The first-order valence-electron chi connectivity index (χ1n) is 5.63. The summed E-state index contributed by atoms with van der Waals surface area (Å²) in [6.45, 7) is 1.65. The summed E-state index contributed by atoms with van der Waals surface area (Å²) in [4.78, 5) is 11.9. The summed E-state index contributed by atoms with van der Waals surface area (Å²) in [6.07, 6.45) is 2.26. The van der Waals surface area contributed by atoms with Crippen LogP contribution in [0.3, 0.4) is 0 Å². The molecule has 1 amide bonds. The maximum absolute atomic E-state index is 12.9. The van der Waals surface area contributed by atoms with Crippen molar-refractivity contribution in [2.24, 2.45) is 0 Å². The molecular formula is C12H15ClFIN2O. The van der Waals surface area contributed by atoms with Crippen LogP contribution in [0, 0.1) is 9.39 Å². The molecule has 6 heteroatoms. The molecule has 0 radical (unpaired) electrons. The average molecular weight is 385 g/mol. The molecule has 100 valence electrons. The van der Waals surface area contributed by atoms with Gasteiger partial charge in [-0.2, -0.15) is 0 Å². The molecule has 2 N–H and O–H groups in total. The van der Waals surface area contributed by atoms with Crippen LogP contribution in [-0.4, -0.2) is 25.0 Å². The van der Waals surface area contributed by atoms with Crippen LogP contribution < -0.4 is 10.6 Å². The molecule has 1 aromatic carbocycles. The van der Waals surface area contributed by atoms with E-state index in [9.17, 15) is 9.18 Å². The normalized spacial score (nSPS) is 18.2. The van der Waals surface area contributed by atoms with E-state index in [-0.39, 0.29) is 24.1 Å². The Hall–Kier alpha value is -0.400. The van der Waals surface area contributed by atoms with E-state index in [1.54, 1.807) is 0 Å². The molecule has 1 unspecified atom stereocenters. The van der Waals surface area contributed by atoms with E-state index >= 15 is 0 Å². The van der Waals surface area contributed by atoms with Crippen LogP contribution in [0.1, 0.15) is 23.2 Å². The van der Waals surface area contributed by atoms with Crippen molar-refractivity contribution in [3.8, 4) is 0 Å². The van der Waals surface area contributed by atoms with Gasteiger partial charge < -0.3 is 10.6 Å². The van der Waals surface area contributed by atoms with Gasteiger partial charge in [0.15, 0.2) is 0 Å². The maximum atomic E-state index is 12.9. The minimum absolute atomic E-state index is 0. The predicted molar refractivity (Wildman–Crippen MR) is 79.7 cm³/mol. The van der Waals surface area contributed by atoms with Crippen molar-refractivity contribution in [1.29, 1.82) is 0 Å². The highest BCUT2D eigenvalue weighted by Crippen LogP contribution is 2.14. The fourth-order valence-corrected chi connectivity index (χ4v) is 2.64. The summed E-state index contributed by atoms with van der Waals surface area (Å²) < 4.78 is 13.5. The largest absolute Gasteiger partial charge is 0.350 e. The molecule has 2 rings (SSSR count). The summed E-state index contributed by atoms with van der Waals surface area (Å²) in [5.41, 5.74) is 0.532. The highest BCUT2D eigenvalue weighted by Gasteiger charge is 2.16. The third-order valence-corrected chi connectivity index (χ3v) is 3.74. The molecule has 0 saturated carbocycles. The number of rotatable bonds is 3. The Morgan fingerprint density at radius 1 is 1.56 bits per heavy atom. The third-order valence-electron chi connectivity index (χ3n) is 2.85. The molecule has 1 aliphatic rings. The highest BCUT2D eigenvalue weighted by molar-refractivity contribution is 14.1. The second kappa shape index (κ2) is 7.25. The zero-order valence-corrected chi connectivity index (χ0v) is 12.7. The van der Waals surface area contributed by atoms with Gasteiger partial charge in [-0.15, -0.1) is 12.4 Å². The minimum atomic E-state index is -0.316. The van der Waals surface area contributed by atoms with Crippen molar-refractivity contribution in [2.75, 3.05) is 13.1 Å². The molecule has 3 nitrogen and oxygen atoms in total. The first-order chi connectivity index (χ1) is 8.16. The first-order valence-corrected chi connectivity index (χ1v) is 6.71. The van der Waals surface area contributed by atoms with Gasteiger partial charge in [-0.1, -0.05) is 0 Å². The van der Waals surface area contributed by atoms with Crippen LogP contribution in [0.5, 0.6) is 0 Å². The van der Waals surface area contributed by atoms with Gasteiger partial charge in [-0.25, -0.2) is 4.39 Å². The number of hydrogen-bond acceptors (Lipinski definition) is 2. The molecule has 0 aromatic heterocycles. The van der Waals surface area contributed by atoms with E-state index in [1.807, 2.05) is 22.6 Å². The smallest absolute Gasteiger partial charge is 0.252 e. The molecule has 1 aromatic rings. The van der Waals surface area contributed by atoms with Gasteiger partial charge in [-0.3, -0.25) is 4.79 Å². The van der Waals surface area contributed by atoms with Crippen LogP contribution in [0.4, 0.5) is 4.39 Å². The second-order valence-corrected chi connectivity index (χ2v) is 5.29. The van der Waals surface area contributed by atoms with Gasteiger partial charge in [0, 0.05) is 16.2 Å². The van der Waals surface area contributed by atoms with Crippen LogP contribution in [0.15, 0.2) is 18.2 Å². The van der Waals surface area contributed by atoms with Crippen LogP contribution >= 0.6 is 35.0 Å². The van der Waals surface area contributed by atoms with Crippen LogP contribution in [0.2, 0.25) is 0 Å². The molecule has 0 aliphatic carbocycles. The van der Waals surface area contributed by atoms with E-state index in [2.05, 4.69) is 10.6 Å². The number of nitrogens with one attached hydrogen (secondary N) is 2. The Morgan fingerprint density at radius 3 is 2.94 bits per heavy atom. The number of carbonyl (C=O) groups is 1. The fraction of sp³-hybridized carbons (Fsp3) is 0.417. The summed E-state index contributed by atoms with van der Waals surface area (Å²) in [6, 6.07) is 4.57. The topological polar surface area (TPSA) is 41.1 Å². The molecule has 18 heavy (non-hydrogen) atoms. The van der Waals surface area contributed by atoms with Gasteiger partial charge in [0.25, 0.3) is 5.91 Å². The summed E-state index contributed by atoms with van der Waals surface area (Å²) in [5, 5.41) is 6.18. The Morgan fingerprint density at radius 2 is 2.33 bits per heavy atom. The first kappa shape index (κ1) is 15.7. The van der Waals surface area contributed by atoms with E-state index in [0.29, 0.717) is 21.7 Å². The van der Waals surface area contributed by atoms with Gasteiger partial charge in [0.1, 0.15) is 5.82 Å².